The van der Waals surface area contributed by atoms with E-state index in [0.717, 1.165) is 23.3 Å². The molecule has 0 aliphatic rings. The van der Waals surface area contributed by atoms with Crippen LogP contribution in [0.3, 0.4) is 0 Å². The van der Waals surface area contributed by atoms with E-state index in [1.54, 1.807) is 19.2 Å². The van der Waals surface area contributed by atoms with Crippen molar-refractivity contribution in [1.82, 2.24) is 9.78 Å². The lowest BCUT2D eigenvalue weighted by molar-refractivity contribution is 0.414. The summed E-state index contributed by atoms with van der Waals surface area (Å²) in [5.74, 6) is 0.912. The van der Waals surface area contributed by atoms with Gasteiger partial charge in [-0.1, -0.05) is 60.2 Å². The lowest BCUT2D eigenvalue weighted by Crippen LogP contribution is -2.29. The summed E-state index contributed by atoms with van der Waals surface area (Å²) < 4.78 is 6.75. The summed E-state index contributed by atoms with van der Waals surface area (Å²) in [6.45, 7) is 4.32. The molecule has 3 aromatic carbocycles. The minimum Gasteiger partial charge on any atom is -0.507 e. The maximum absolute atomic E-state index is 13.6. The van der Waals surface area contributed by atoms with Crippen molar-refractivity contribution in [1.29, 1.82) is 0 Å². The SMILES string of the molecule is COc1ccc(Cn2nc(C)c(-c3ccccc3O)c(CCc3cccc(C)c3)c2=O)cc1. The Bertz CT molecular complexity index is 1320. The zero-order valence-electron chi connectivity index (χ0n) is 19.2. The van der Waals surface area contributed by atoms with Crippen molar-refractivity contribution < 1.29 is 9.84 Å². The Morgan fingerprint density at radius 2 is 1.67 bits per heavy atom. The first-order valence-corrected chi connectivity index (χ1v) is 11.0. The van der Waals surface area contributed by atoms with Crippen LogP contribution in [-0.2, 0) is 19.4 Å². The van der Waals surface area contributed by atoms with Crippen molar-refractivity contribution in [3.8, 4) is 22.6 Å². The molecule has 0 radical (unpaired) electrons. The minimum atomic E-state index is -0.137. The highest BCUT2D eigenvalue weighted by Crippen LogP contribution is 2.32. The number of aromatic nitrogens is 2. The molecule has 0 fully saturated rings. The van der Waals surface area contributed by atoms with Crippen LogP contribution in [0.15, 0.2) is 77.6 Å². The molecule has 0 saturated heterocycles. The van der Waals surface area contributed by atoms with E-state index in [1.165, 1.54) is 15.8 Å². The van der Waals surface area contributed by atoms with Gasteiger partial charge >= 0.3 is 0 Å². The van der Waals surface area contributed by atoms with Gasteiger partial charge in [0.25, 0.3) is 5.56 Å². The van der Waals surface area contributed by atoms with Gasteiger partial charge in [0.05, 0.1) is 19.3 Å². The van der Waals surface area contributed by atoms with Gasteiger partial charge < -0.3 is 9.84 Å². The van der Waals surface area contributed by atoms with E-state index < -0.39 is 0 Å². The van der Waals surface area contributed by atoms with E-state index in [9.17, 15) is 9.90 Å². The number of hydrogen-bond acceptors (Lipinski definition) is 4. The summed E-state index contributed by atoms with van der Waals surface area (Å²) in [7, 11) is 1.63. The fraction of sp³-hybridized carbons (Fsp3) is 0.214. The van der Waals surface area contributed by atoms with Crippen LogP contribution in [0.5, 0.6) is 11.5 Å². The van der Waals surface area contributed by atoms with Gasteiger partial charge in [0.15, 0.2) is 0 Å². The van der Waals surface area contributed by atoms with Crippen LogP contribution in [0.4, 0.5) is 0 Å². The maximum Gasteiger partial charge on any atom is 0.270 e. The fourth-order valence-corrected chi connectivity index (χ4v) is 4.18. The van der Waals surface area contributed by atoms with Crippen LogP contribution in [0.1, 0.15) is 27.9 Å². The second-order valence-electron chi connectivity index (χ2n) is 8.26. The molecule has 0 aliphatic heterocycles. The Labute approximate surface area is 193 Å². The molecule has 33 heavy (non-hydrogen) atoms. The molecule has 1 aromatic heterocycles. The second kappa shape index (κ2) is 9.74. The Morgan fingerprint density at radius 3 is 2.36 bits per heavy atom. The second-order valence-corrected chi connectivity index (χ2v) is 8.26. The Morgan fingerprint density at radius 1 is 0.909 bits per heavy atom. The number of aromatic hydroxyl groups is 1. The van der Waals surface area contributed by atoms with E-state index in [1.807, 2.05) is 49.4 Å². The molecule has 5 heteroatoms. The van der Waals surface area contributed by atoms with E-state index in [4.69, 9.17) is 4.74 Å². The molecule has 0 amide bonds. The first kappa shape index (κ1) is 22.3. The van der Waals surface area contributed by atoms with Crippen LogP contribution in [0.2, 0.25) is 0 Å². The zero-order chi connectivity index (χ0) is 23.4. The Kier molecular flexibility index (Phi) is 6.59. The lowest BCUT2D eigenvalue weighted by Gasteiger charge is -2.16. The van der Waals surface area contributed by atoms with Crippen molar-refractivity contribution in [3.63, 3.8) is 0 Å². The molecule has 0 spiro atoms. The molecule has 168 valence electrons. The van der Waals surface area contributed by atoms with Gasteiger partial charge in [-0.3, -0.25) is 4.79 Å². The summed E-state index contributed by atoms with van der Waals surface area (Å²) in [5.41, 5.74) is 5.92. The summed E-state index contributed by atoms with van der Waals surface area (Å²) >= 11 is 0. The molecule has 4 aromatic rings. The standard InChI is InChI=1S/C28H28N2O3/c1-19-7-6-8-21(17-19)13-16-25-27(24-9-4-5-10-26(24)31)20(2)29-30(28(25)32)18-22-11-14-23(33-3)15-12-22/h4-12,14-15,17,31H,13,16,18H2,1-3H3. The Balaban J connectivity index is 1.78. The lowest BCUT2D eigenvalue weighted by atomic mass is 9.94. The van der Waals surface area contributed by atoms with Gasteiger partial charge in [-0.25, -0.2) is 4.68 Å². The molecular formula is C28H28N2O3. The minimum absolute atomic E-state index is 0.137. The van der Waals surface area contributed by atoms with Gasteiger partial charge in [-0.2, -0.15) is 5.10 Å². The Hall–Kier alpha value is -3.86. The summed E-state index contributed by atoms with van der Waals surface area (Å²) in [4.78, 5) is 13.6. The molecule has 0 saturated carbocycles. The molecule has 1 N–H and O–H groups in total. The van der Waals surface area contributed by atoms with Crippen molar-refractivity contribution in [2.75, 3.05) is 7.11 Å². The number of ether oxygens (including phenoxy) is 1. The highest BCUT2D eigenvalue weighted by Gasteiger charge is 2.19. The summed E-state index contributed by atoms with van der Waals surface area (Å²) in [6.07, 6.45) is 1.28. The number of rotatable bonds is 7. The van der Waals surface area contributed by atoms with Gasteiger partial charge in [0.1, 0.15) is 11.5 Å². The molecule has 0 aliphatic carbocycles. The molecule has 1 heterocycles. The third kappa shape index (κ3) is 4.98. The highest BCUT2D eigenvalue weighted by atomic mass is 16.5. The van der Waals surface area contributed by atoms with Crippen LogP contribution in [-0.4, -0.2) is 22.0 Å². The van der Waals surface area contributed by atoms with E-state index in [-0.39, 0.29) is 11.3 Å². The van der Waals surface area contributed by atoms with E-state index in [2.05, 4.69) is 30.2 Å². The van der Waals surface area contributed by atoms with Crippen molar-refractivity contribution in [3.05, 3.63) is 111 Å². The average molecular weight is 441 g/mol. The van der Waals surface area contributed by atoms with Gasteiger partial charge in [-0.05, 0) is 56.0 Å². The van der Waals surface area contributed by atoms with Crippen molar-refractivity contribution >= 4 is 0 Å². The molecule has 5 nitrogen and oxygen atoms in total. The quantitative estimate of drug-likeness (QED) is 0.436. The zero-order valence-corrected chi connectivity index (χ0v) is 19.2. The number of benzene rings is 3. The third-order valence-electron chi connectivity index (χ3n) is 5.84. The largest absolute Gasteiger partial charge is 0.507 e. The third-order valence-corrected chi connectivity index (χ3v) is 5.84. The van der Waals surface area contributed by atoms with E-state index in [0.29, 0.717) is 29.8 Å². The first-order valence-electron chi connectivity index (χ1n) is 11.0. The number of para-hydroxylation sites is 1. The predicted molar refractivity (Wildman–Crippen MR) is 131 cm³/mol. The number of aryl methyl sites for hydroxylation is 3. The van der Waals surface area contributed by atoms with Crippen LogP contribution in [0.25, 0.3) is 11.1 Å². The summed E-state index contributed by atoms with van der Waals surface area (Å²) in [6, 6.07) is 23.1. The summed E-state index contributed by atoms with van der Waals surface area (Å²) in [5, 5.41) is 15.2. The maximum atomic E-state index is 13.6. The number of hydrogen-bond donors (Lipinski definition) is 1. The predicted octanol–water partition coefficient (Wildman–Crippen LogP) is 5.07. The fourth-order valence-electron chi connectivity index (χ4n) is 4.18. The number of phenolic OH excluding ortho intramolecular Hbond substituents is 1. The van der Waals surface area contributed by atoms with Crippen LogP contribution < -0.4 is 10.3 Å². The average Bonchev–Trinajstić information content (AvgIpc) is 2.81. The molecule has 0 bridgehead atoms. The van der Waals surface area contributed by atoms with Gasteiger partial charge in [-0.15, -0.1) is 0 Å². The monoisotopic (exact) mass is 440 g/mol. The molecule has 4 rings (SSSR count). The topological polar surface area (TPSA) is 64.3 Å². The first-order chi connectivity index (χ1) is 16.0. The number of methoxy groups -OCH3 is 1. The van der Waals surface area contributed by atoms with Crippen LogP contribution in [0, 0.1) is 13.8 Å². The highest BCUT2D eigenvalue weighted by molar-refractivity contribution is 5.74. The van der Waals surface area contributed by atoms with Crippen molar-refractivity contribution in [2.24, 2.45) is 0 Å². The van der Waals surface area contributed by atoms with Gasteiger partial charge in [0.2, 0.25) is 0 Å². The smallest absolute Gasteiger partial charge is 0.270 e. The number of phenols is 1. The molecule has 0 unspecified atom stereocenters. The van der Waals surface area contributed by atoms with Crippen molar-refractivity contribution in [2.45, 2.75) is 33.2 Å². The van der Waals surface area contributed by atoms with Gasteiger partial charge in [0, 0.05) is 16.7 Å². The molecule has 0 atom stereocenters. The van der Waals surface area contributed by atoms with E-state index >= 15 is 0 Å². The molecular weight excluding hydrogens is 412 g/mol. The number of nitrogens with zero attached hydrogens (tertiary/aromatic N) is 2. The van der Waals surface area contributed by atoms with Crippen LogP contribution >= 0.6 is 0 Å². The normalized spacial score (nSPS) is 10.9.